The van der Waals surface area contributed by atoms with E-state index in [4.69, 9.17) is 4.74 Å². The van der Waals surface area contributed by atoms with E-state index >= 15 is 0 Å². The Morgan fingerprint density at radius 2 is 2.57 bits per heavy atom. The maximum Gasteiger partial charge on any atom is 0.308 e. The summed E-state index contributed by atoms with van der Waals surface area (Å²) < 4.78 is 10.3. The van der Waals surface area contributed by atoms with E-state index in [9.17, 15) is 4.79 Å². The molecular weight excluding hydrogens is 182 g/mol. The highest BCUT2D eigenvalue weighted by molar-refractivity contribution is 5.69. The summed E-state index contributed by atoms with van der Waals surface area (Å²) in [6.07, 6.45) is 2.64. The molecule has 0 aromatic carbocycles. The second kappa shape index (κ2) is 3.87. The van der Waals surface area contributed by atoms with Crippen molar-refractivity contribution in [3.63, 3.8) is 0 Å². The van der Waals surface area contributed by atoms with Gasteiger partial charge in [-0.3, -0.25) is 4.79 Å². The normalized spacial score (nSPS) is 36.5. The summed E-state index contributed by atoms with van der Waals surface area (Å²) in [4.78, 5) is 11.1. The first-order valence-electron chi connectivity index (χ1n) is 5.13. The molecule has 0 radical (unpaired) electrons. The van der Waals surface area contributed by atoms with Gasteiger partial charge in [0.15, 0.2) is 0 Å². The molecule has 80 valence electrons. The predicted molar refractivity (Wildman–Crippen MR) is 50.9 cm³/mol. The third-order valence-corrected chi connectivity index (χ3v) is 3.24. The first-order chi connectivity index (χ1) is 6.74. The van der Waals surface area contributed by atoms with Crippen molar-refractivity contribution in [2.24, 2.45) is 5.41 Å². The van der Waals surface area contributed by atoms with Crippen LogP contribution in [0.15, 0.2) is 0 Å². The van der Waals surface area contributed by atoms with Gasteiger partial charge in [0.25, 0.3) is 0 Å². The molecule has 0 saturated carbocycles. The van der Waals surface area contributed by atoms with Gasteiger partial charge >= 0.3 is 5.97 Å². The minimum Gasteiger partial charge on any atom is -0.469 e. The molecule has 4 heteroatoms. The van der Waals surface area contributed by atoms with Crippen LogP contribution in [0, 0.1) is 5.41 Å². The largest absolute Gasteiger partial charge is 0.469 e. The fourth-order valence-corrected chi connectivity index (χ4v) is 2.39. The Labute approximate surface area is 84.0 Å². The molecule has 0 amide bonds. The minimum absolute atomic E-state index is 0.0716. The zero-order valence-electron chi connectivity index (χ0n) is 8.54. The summed E-state index contributed by atoms with van der Waals surface area (Å²) in [5.41, 5.74) is 0.304. The van der Waals surface area contributed by atoms with E-state index in [0.717, 1.165) is 26.1 Å². The number of ether oxygens (including phenoxy) is 2. The molecule has 0 unspecified atom stereocenters. The van der Waals surface area contributed by atoms with E-state index in [1.165, 1.54) is 13.5 Å². The molecule has 1 N–H and O–H groups in total. The fraction of sp³-hybridized carbons (Fsp3) is 0.900. The molecule has 0 bridgehead atoms. The number of methoxy groups -OCH3 is 1. The van der Waals surface area contributed by atoms with Crippen molar-refractivity contribution in [3.8, 4) is 0 Å². The highest BCUT2D eigenvalue weighted by Gasteiger charge is 2.42. The van der Waals surface area contributed by atoms with Crippen molar-refractivity contribution in [1.82, 2.24) is 5.32 Å². The molecule has 4 nitrogen and oxygen atoms in total. The van der Waals surface area contributed by atoms with Gasteiger partial charge in [-0.05, 0) is 19.4 Å². The number of hydrogen-bond donors (Lipinski definition) is 1. The number of hydrogen-bond acceptors (Lipinski definition) is 4. The Hall–Kier alpha value is -0.610. The average Bonchev–Trinajstić information content (AvgIpc) is 2.78. The fourth-order valence-electron chi connectivity index (χ4n) is 2.39. The average molecular weight is 199 g/mol. The maximum absolute atomic E-state index is 11.1. The molecule has 0 aliphatic carbocycles. The first-order valence-corrected chi connectivity index (χ1v) is 5.13. The SMILES string of the molecule is COC(=O)C[C@@H]1C[C@@]2(CCNC2)CO1. The van der Waals surface area contributed by atoms with Gasteiger partial charge in [-0.1, -0.05) is 0 Å². The van der Waals surface area contributed by atoms with Crippen LogP contribution >= 0.6 is 0 Å². The molecular formula is C10H17NO3. The Morgan fingerprint density at radius 1 is 1.71 bits per heavy atom. The lowest BCUT2D eigenvalue weighted by atomic mass is 9.84. The van der Waals surface area contributed by atoms with Gasteiger partial charge in [0.05, 0.1) is 26.2 Å². The molecule has 2 saturated heterocycles. The number of carbonyl (C=O) groups is 1. The van der Waals surface area contributed by atoms with Gasteiger partial charge < -0.3 is 14.8 Å². The highest BCUT2D eigenvalue weighted by Crippen LogP contribution is 2.38. The van der Waals surface area contributed by atoms with Crippen LogP contribution in [0.5, 0.6) is 0 Å². The van der Waals surface area contributed by atoms with Gasteiger partial charge in [0.1, 0.15) is 0 Å². The van der Waals surface area contributed by atoms with Crippen molar-refractivity contribution in [2.45, 2.75) is 25.4 Å². The summed E-state index contributed by atoms with van der Waals surface area (Å²) in [6.45, 7) is 2.90. The van der Waals surface area contributed by atoms with Crippen molar-refractivity contribution in [3.05, 3.63) is 0 Å². The van der Waals surface area contributed by atoms with Crippen LogP contribution in [0.2, 0.25) is 0 Å². The smallest absolute Gasteiger partial charge is 0.308 e. The molecule has 2 fully saturated rings. The van der Waals surface area contributed by atoms with Crippen molar-refractivity contribution < 1.29 is 14.3 Å². The van der Waals surface area contributed by atoms with Gasteiger partial charge in [-0.2, -0.15) is 0 Å². The van der Waals surface area contributed by atoms with Gasteiger partial charge in [-0.15, -0.1) is 0 Å². The van der Waals surface area contributed by atoms with Crippen molar-refractivity contribution >= 4 is 5.97 Å². The Balaban J connectivity index is 1.85. The van der Waals surface area contributed by atoms with E-state index < -0.39 is 0 Å². The van der Waals surface area contributed by atoms with E-state index in [1.54, 1.807) is 0 Å². The molecule has 14 heavy (non-hydrogen) atoms. The lowest BCUT2D eigenvalue weighted by Gasteiger charge is -2.18. The molecule has 0 aromatic heterocycles. The van der Waals surface area contributed by atoms with Crippen LogP contribution in [-0.2, 0) is 14.3 Å². The van der Waals surface area contributed by atoms with Gasteiger partial charge in [0, 0.05) is 12.0 Å². The standard InChI is InChI=1S/C10H17NO3/c1-13-9(12)4-8-5-10(7-14-8)2-3-11-6-10/h8,11H,2-7H2,1H3/t8-,10-/m1/s1. The maximum atomic E-state index is 11.1. The zero-order valence-corrected chi connectivity index (χ0v) is 8.54. The monoisotopic (exact) mass is 199 g/mol. The van der Waals surface area contributed by atoms with E-state index in [0.29, 0.717) is 11.8 Å². The molecule has 2 aliphatic rings. The second-order valence-corrected chi connectivity index (χ2v) is 4.34. The number of rotatable bonds is 2. The minimum atomic E-state index is -0.169. The van der Waals surface area contributed by atoms with Crippen molar-refractivity contribution in [2.75, 3.05) is 26.8 Å². The van der Waals surface area contributed by atoms with Gasteiger partial charge in [0.2, 0.25) is 0 Å². The van der Waals surface area contributed by atoms with Crippen molar-refractivity contribution in [1.29, 1.82) is 0 Å². The molecule has 2 rings (SSSR count). The molecule has 2 aliphatic heterocycles. The van der Waals surface area contributed by atoms with Crippen LogP contribution in [0.4, 0.5) is 0 Å². The van der Waals surface area contributed by atoms with E-state index in [2.05, 4.69) is 10.1 Å². The summed E-state index contributed by atoms with van der Waals surface area (Å²) in [7, 11) is 1.42. The summed E-state index contributed by atoms with van der Waals surface area (Å²) in [5.74, 6) is -0.169. The molecule has 1 spiro atoms. The number of nitrogens with one attached hydrogen (secondary N) is 1. The van der Waals surface area contributed by atoms with Crippen LogP contribution in [0.3, 0.4) is 0 Å². The van der Waals surface area contributed by atoms with E-state index in [-0.39, 0.29) is 12.1 Å². The predicted octanol–water partition coefficient (Wildman–Crippen LogP) is 0.318. The van der Waals surface area contributed by atoms with Crippen LogP contribution in [-0.4, -0.2) is 38.9 Å². The zero-order chi connectivity index (χ0) is 10.0. The van der Waals surface area contributed by atoms with Crippen LogP contribution < -0.4 is 5.32 Å². The number of carbonyl (C=O) groups excluding carboxylic acids is 1. The van der Waals surface area contributed by atoms with Gasteiger partial charge in [-0.25, -0.2) is 0 Å². The van der Waals surface area contributed by atoms with Crippen LogP contribution in [0.25, 0.3) is 0 Å². The molecule has 0 aromatic rings. The molecule has 2 atom stereocenters. The highest BCUT2D eigenvalue weighted by atomic mass is 16.5. The summed E-state index contributed by atoms with van der Waals surface area (Å²) >= 11 is 0. The lowest BCUT2D eigenvalue weighted by Crippen LogP contribution is -2.24. The Morgan fingerprint density at radius 3 is 3.21 bits per heavy atom. The topological polar surface area (TPSA) is 47.6 Å². The third kappa shape index (κ3) is 1.91. The Bertz CT molecular complexity index is 223. The number of esters is 1. The van der Waals surface area contributed by atoms with Crippen LogP contribution in [0.1, 0.15) is 19.3 Å². The Kier molecular flexibility index (Phi) is 2.74. The lowest BCUT2D eigenvalue weighted by molar-refractivity contribution is -0.143. The quantitative estimate of drug-likeness (QED) is 0.651. The second-order valence-electron chi connectivity index (χ2n) is 4.34. The molecule has 2 heterocycles. The summed E-state index contributed by atoms with van der Waals surface area (Å²) in [6, 6.07) is 0. The summed E-state index contributed by atoms with van der Waals surface area (Å²) in [5, 5.41) is 3.35. The van der Waals surface area contributed by atoms with E-state index in [1.807, 2.05) is 0 Å². The third-order valence-electron chi connectivity index (χ3n) is 3.24. The first kappa shape index (κ1) is 9.93.